The number of aromatic amines is 1. The van der Waals surface area contributed by atoms with E-state index in [4.69, 9.17) is 4.74 Å². The van der Waals surface area contributed by atoms with Crippen LogP contribution in [-0.2, 0) is 11.3 Å². The van der Waals surface area contributed by atoms with Gasteiger partial charge in [-0.3, -0.25) is 4.90 Å². The minimum absolute atomic E-state index is 0.528. The molecule has 4 rings (SSSR count). The van der Waals surface area contributed by atoms with Gasteiger partial charge in [-0.1, -0.05) is 11.6 Å². The number of hydrogen-bond acceptors (Lipinski definition) is 4. The number of nitrogens with zero attached hydrogens (tertiary/aromatic N) is 1. The minimum Gasteiger partial charge on any atom is -0.390 e. The van der Waals surface area contributed by atoms with Crippen LogP contribution in [0.25, 0.3) is 10.9 Å². The molecule has 5 nitrogen and oxygen atoms in total. The molecule has 1 aromatic heterocycles. The predicted molar refractivity (Wildman–Crippen MR) is 97.6 cm³/mol. The van der Waals surface area contributed by atoms with Crippen LogP contribution in [0.15, 0.2) is 18.2 Å². The van der Waals surface area contributed by atoms with E-state index in [0.29, 0.717) is 13.0 Å². The molecule has 2 aromatic rings. The van der Waals surface area contributed by atoms with Crippen LogP contribution in [0.3, 0.4) is 0 Å². The first-order valence-electron chi connectivity index (χ1n) is 9.29. The highest BCUT2D eigenvalue weighted by Crippen LogP contribution is 2.36. The van der Waals surface area contributed by atoms with E-state index in [0.717, 1.165) is 32.5 Å². The van der Waals surface area contributed by atoms with Crippen molar-refractivity contribution in [2.75, 3.05) is 19.7 Å². The summed E-state index contributed by atoms with van der Waals surface area (Å²) in [6.07, 6.45) is 0.647. The maximum Gasteiger partial charge on any atom is 0.109 e. The van der Waals surface area contributed by atoms with Gasteiger partial charge in [-0.15, -0.1) is 0 Å². The van der Waals surface area contributed by atoms with Crippen LogP contribution in [0.4, 0.5) is 0 Å². The Bertz CT molecular complexity index is 762. The third-order valence-corrected chi connectivity index (χ3v) is 6.11. The molecule has 2 aliphatic heterocycles. The topological polar surface area (TPSA) is 68.7 Å². The van der Waals surface area contributed by atoms with E-state index >= 15 is 0 Å². The lowest BCUT2D eigenvalue weighted by Gasteiger charge is -2.48. The molecule has 0 unspecified atom stereocenters. The Balaban J connectivity index is 1.46. The first kappa shape index (κ1) is 17.0. The Kier molecular flexibility index (Phi) is 4.36. The predicted octanol–water partition coefficient (Wildman–Crippen LogP) is 2.26. The number of likely N-dealkylation sites (tertiary alicyclic amines) is 1. The highest BCUT2D eigenvalue weighted by molar-refractivity contribution is 5.85. The van der Waals surface area contributed by atoms with E-state index < -0.39 is 17.8 Å². The Morgan fingerprint density at radius 1 is 1.24 bits per heavy atom. The van der Waals surface area contributed by atoms with Crippen molar-refractivity contribution in [3.05, 3.63) is 35.0 Å². The summed E-state index contributed by atoms with van der Waals surface area (Å²) in [6.45, 7) is 7.48. The summed E-state index contributed by atoms with van der Waals surface area (Å²) in [7, 11) is 0. The van der Waals surface area contributed by atoms with Crippen molar-refractivity contribution in [1.82, 2.24) is 9.88 Å². The van der Waals surface area contributed by atoms with E-state index in [9.17, 15) is 10.2 Å². The number of nitrogens with one attached hydrogen (secondary N) is 1. The average molecular weight is 344 g/mol. The summed E-state index contributed by atoms with van der Waals surface area (Å²) in [4.78, 5) is 5.97. The van der Waals surface area contributed by atoms with Gasteiger partial charge in [0.1, 0.15) is 6.10 Å². The van der Waals surface area contributed by atoms with Gasteiger partial charge in [0.15, 0.2) is 0 Å². The molecule has 3 heterocycles. The first-order chi connectivity index (χ1) is 12.0. The molecule has 1 aromatic carbocycles. The van der Waals surface area contributed by atoms with Crippen molar-refractivity contribution in [3.63, 3.8) is 0 Å². The minimum atomic E-state index is -0.763. The Labute approximate surface area is 148 Å². The molecule has 0 radical (unpaired) electrons. The molecule has 2 atom stereocenters. The maximum absolute atomic E-state index is 10.4. The van der Waals surface area contributed by atoms with Crippen molar-refractivity contribution in [2.45, 2.75) is 57.5 Å². The third-order valence-electron chi connectivity index (χ3n) is 6.11. The number of aliphatic hydroxyl groups excluding tert-OH is 2. The lowest BCUT2D eigenvalue weighted by molar-refractivity contribution is -0.214. The van der Waals surface area contributed by atoms with E-state index in [2.05, 4.69) is 41.9 Å². The van der Waals surface area contributed by atoms with Crippen LogP contribution in [0.5, 0.6) is 0 Å². The van der Waals surface area contributed by atoms with Crippen molar-refractivity contribution in [3.8, 4) is 0 Å². The quantitative estimate of drug-likeness (QED) is 0.782. The number of aromatic nitrogens is 1. The summed E-state index contributed by atoms with van der Waals surface area (Å²) in [6, 6.07) is 6.53. The number of rotatable bonds is 2. The Morgan fingerprint density at radius 3 is 2.76 bits per heavy atom. The van der Waals surface area contributed by atoms with Gasteiger partial charge in [0.2, 0.25) is 0 Å². The molecule has 0 amide bonds. The summed E-state index contributed by atoms with van der Waals surface area (Å²) in [5.41, 5.74) is 4.51. The van der Waals surface area contributed by atoms with E-state index in [1.165, 1.54) is 27.7 Å². The van der Waals surface area contributed by atoms with Crippen molar-refractivity contribution in [2.24, 2.45) is 0 Å². The van der Waals surface area contributed by atoms with Gasteiger partial charge in [0.25, 0.3) is 0 Å². The second kappa shape index (κ2) is 6.40. The van der Waals surface area contributed by atoms with Gasteiger partial charge < -0.3 is 19.9 Å². The number of ether oxygens (including phenoxy) is 1. The van der Waals surface area contributed by atoms with Crippen molar-refractivity contribution in [1.29, 1.82) is 0 Å². The van der Waals surface area contributed by atoms with Crippen molar-refractivity contribution < 1.29 is 14.9 Å². The Morgan fingerprint density at radius 2 is 2.00 bits per heavy atom. The molecule has 25 heavy (non-hydrogen) atoms. The molecule has 5 heteroatoms. The number of benzene rings is 1. The molecule has 2 saturated heterocycles. The third kappa shape index (κ3) is 2.99. The summed E-state index contributed by atoms with van der Waals surface area (Å²) in [5, 5.41) is 21.7. The van der Waals surface area contributed by atoms with Crippen LogP contribution in [0.1, 0.15) is 36.1 Å². The van der Waals surface area contributed by atoms with Gasteiger partial charge in [-0.05, 0) is 50.8 Å². The van der Waals surface area contributed by atoms with Gasteiger partial charge in [0.05, 0.1) is 18.3 Å². The molecular weight excluding hydrogens is 316 g/mol. The Hall–Kier alpha value is -1.40. The molecule has 0 saturated carbocycles. The van der Waals surface area contributed by atoms with E-state index in [-0.39, 0.29) is 0 Å². The fourth-order valence-electron chi connectivity index (χ4n) is 4.38. The van der Waals surface area contributed by atoms with Gasteiger partial charge in [0, 0.05) is 36.2 Å². The largest absolute Gasteiger partial charge is 0.390 e. The lowest BCUT2D eigenvalue weighted by atomic mass is 9.80. The smallest absolute Gasteiger partial charge is 0.109 e. The number of aryl methyl sites for hydroxylation is 2. The fourth-order valence-corrected chi connectivity index (χ4v) is 4.38. The van der Waals surface area contributed by atoms with Gasteiger partial charge in [-0.25, -0.2) is 0 Å². The number of H-pyrrole nitrogens is 1. The normalized spacial score (nSPS) is 27.2. The van der Waals surface area contributed by atoms with E-state index in [1.807, 2.05) is 0 Å². The number of piperidine rings is 1. The zero-order chi connectivity index (χ0) is 17.6. The average Bonchev–Trinajstić information content (AvgIpc) is 2.90. The second-order valence-corrected chi connectivity index (χ2v) is 7.77. The van der Waals surface area contributed by atoms with Crippen LogP contribution in [0, 0.1) is 13.8 Å². The molecule has 136 valence electrons. The molecule has 0 aliphatic carbocycles. The van der Waals surface area contributed by atoms with Gasteiger partial charge >= 0.3 is 0 Å². The molecule has 2 fully saturated rings. The summed E-state index contributed by atoms with van der Waals surface area (Å²) < 4.78 is 5.93. The van der Waals surface area contributed by atoms with Crippen molar-refractivity contribution >= 4 is 10.9 Å². The zero-order valence-corrected chi connectivity index (χ0v) is 15.1. The number of hydrogen-bond donors (Lipinski definition) is 3. The monoisotopic (exact) mass is 344 g/mol. The molecule has 3 N–H and O–H groups in total. The van der Waals surface area contributed by atoms with Gasteiger partial charge in [-0.2, -0.15) is 0 Å². The highest BCUT2D eigenvalue weighted by atomic mass is 16.5. The van der Waals surface area contributed by atoms with Crippen LogP contribution in [-0.4, -0.2) is 57.6 Å². The van der Waals surface area contributed by atoms with Crippen LogP contribution >= 0.6 is 0 Å². The standard InChI is InChI=1S/C20H28N2O3/c1-13-3-4-16-15(11-13)14(2)17(21-16)12-22-8-6-20(7-9-22)19(24)18(23)5-10-25-20/h3-4,11,18-19,21,23-24H,5-10,12H2,1-2H3/t18-,19-/m0/s1. The van der Waals surface area contributed by atoms with E-state index in [1.54, 1.807) is 0 Å². The first-order valence-corrected chi connectivity index (χ1v) is 9.29. The SMILES string of the molecule is Cc1ccc2[nH]c(CN3CCC4(CC3)OCC[C@H](O)[C@@H]4O)c(C)c2c1. The molecule has 1 spiro atoms. The summed E-state index contributed by atoms with van der Waals surface area (Å²) in [5.74, 6) is 0. The molecular formula is C20H28N2O3. The molecule has 0 bridgehead atoms. The summed E-state index contributed by atoms with van der Waals surface area (Å²) >= 11 is 0. The lowest BCUT2D eigenvalue weighted by Crippen LogP contribution is -2.59. The fraction of sp³-hybridized carbons (Fsp3) is 0.600. The number of aliphatic hydroxyl groups is 2. The second-order valence-electron chi connectivity index (χ2n) is 7.77. The zero-order valence-electron chi connectivity index (χ0n) is 15.1. The highest BCUT2D eigenvalue weighted by Gasteiger charge is 2.47. The maximum atomic E-state index is 10.4. The van der Waals surface area contributed by atoms with Crippen LogP contribution < -0.4 is 0 Å². The molecule has 2 aliphatic rings. The number of fused-ring (bicyclic) bond motifs is 1. The van der Waals surface area contributed by atoms with Crippen LogP contribution in [0.2, 0.25) is 0 Å².